The molecule has 6 heteroatoms. The molecular formula is C18H18O6. The van der Waals surface area contributed by atoms with E-state index < -0.39 is 23.4 Å². The minimum atomic E-state index is -1.13. The number of phenolic OH excluding ortho intramolecular Hbond substituents is 2. The van der Waals surface area contributed by atoms with Gasteiger partial charge in [-0.3, -0.25) is 9.59 Å². The number of ketones is 1. The molecule has 0 saturated heterocycles. The molecule has 0 aliphatic rings. The van der Waals surface area contributed by atoms with E-state index in [4.69, 9.17) is 4.74 Å². The van der Waals surface area contributed by atoms with Gasteiger partial charge in [0.15, 0.2) is 5.78 Å². The number of benzene rings is 2. The van der Waals surface area contributed by atoms with E-state index in [1.54, 1.807) is 19.1 Å². The number of ether oxygens (including phenoxy) is 1. The summed E-state index contributed by atoms with van der Waals surface area (Å²) in [7, 11) is 1.50. The molecule has 0 amide bonds. The number of hydrogen-bond donors (Lipinski definition) is 3. The molecule has 24 heavy (non-hydrogen) atoms. The van der Waals surface area contributed by atoms with Gasteiger partial charge < -0.3 is 20.1 Å². The third-order valence-corrected chi connectivity index (χ3v) is 3.79. The summed E-state index contributed by atoms with van der Waals surface area (Å²) < 4.78 is 5.03. The Morgan fingerprint density at radius 2 is 1.75 bits per heavy atom. The van der Waals surface area contributed by atoms with Crippen LogP contribution in [-0.4, -0.2) is 34.2 Å². The number of methoxy groups -OCH3 is 1. The van der Waals surface area contributed by atoms with Crippen LogP contribution in [0.1, 0.15) is 40.7 Å². The number of aliphatic carboxylic acids is 1. The average molecular weight is 330 g/mol. The number of rotatable bonds is 6. The van der Waals surface area contributed by atoms with Crippen LogP contribution in [-0.2, 0) is 4.79 Å². The van der Waals surface area contributed by atoms with Crippen molar-refractivity contribution < 1.29 is 29.6 Å². The maximum absolute atomic E-state index is 12.8. The Bertz CT molecular complexity index is 764. The maximum atomic E-state index is 12.8. The van der Waals surface area contributed by atoms with E-state index in [0.29, 0.717) is 5.75 Å². The van der Waals surface area contributed by atoms with Crippen LogP contribution in [0.5, 0.6) is 17.2 Å². The quantitative estimate of drug-likeness (QED) is 0.704. The Labute approximate surface area is 138 Å². The topological polar surface area (TPSA) is 104 Å². The van der Waals surface area contributed by atoms with Gasteiger partial charge in [0.2, 0.25) is 0 Å². The number of phenols is 2. The van der Waals surface area contributed by atoms with E-state index in [-0.39, 0.29) is 28.9 Å². The van der Waals surface area contributed by atoms with Crippen molar-refractivity contribution in [1.29, 1.82) is 0 Å². The molecule has 1 unspecified atom stereocenters. The van der Waals surface area contributed by atoms with Crippen molar-refractivity contribution in [2.75, 3.05) is 7.11 Å². The number of aromatic hydroxyl groups is 2. The molecule has 2 aromatic rings. The molecule has 0 heterocycles. The highest BCUT2D eigenvalue weighted by molar-refractivity contribution is 6.12. The largest absolute Gasteiger partial charge is 0.508 e. The predicted molar refractivity (Wildman–Crippen MR) is 86.9 cm³/mol. The van der Waals surface area contributed by atoms with Crippen molar-refractivity contribution in [3.05, 3.63) is 53.1 Å². The first kappa shape index (κ1) is 17.3. The van der Waals surface area contributed by atoms with Crippen molar-refractivity contribution >= 4 is 11.8 Å². The summed E-state index contributed by atoms with van der Waals surface area (Å²) in [5, 5.41) is 29.2. The first-order valence-electron chi connectivity index (χ1n) is 7.36. The van der Waals surface area contributed by atoms with E-state index >= 15 is 0 Å². The van der Waals surface area contributed by atoms with Gasteiger partial charge in [0.1, 0.15) is 17.2 Å². The van der Waals surface area contributed by atoms with E-state index in [9.17, 15) is 24.9 Å². The summed E-state index contributed by atoms with van der Waals surface area (Å²) in [5.41, 5.74) is 0.244. The third kappa shape index (κ3) is 3.32. The summed E-state index contributed by atoms with van der Waals surface area (Å²) in [5.74, 6) is -2.85. The van der Waals surface area contributed by atoms with Gasteiger partial charge in [-0.1, -0.05) is 6.92 Å². The van der Waals surface area contributed by atoms with Gasteiger partial charge in [0, 0.05) is 11.6 Å². The Hall–Kier alpha value is -3.02. The number of carboxylic acid groups (broad SMARTS) is 1. The van der Waals surface area contributed by atoms with Gasteiger partial charge in [-0.2, -0.15) is 0 Å². The monoisotopic (exact) mass is 330 g/mol. The van der Waals surface area contributed by atoms with Gasteiger partial charge in [0.05, 0.1) is 18.6 Å². The molecule has 2 aromatic carbocycles. The van der Waals surface area contributed by atoms with Gasteiger partial charge >= 0.3 is 5.97 Å². The molecule has 3 N–H and O–H groups in total. The zero-order valence-electron chi connectivity index (χ0n) is 13.3. The molecule has 0 radical (unpaired) electrons. The second-order valence-electron chi connectivity index (χ2n) is 5.29. The molecular weight excluding hydrogens is 312 g/mol. The Morgan fingerprint density at radius 1 is 1.12 bits per heavy atom. The molecule has 0 fully saturated rings. The van der Waals surface area contributed by atoms with Crippen molar-refractivity contribution in [3.63, 3.8) is 0 Å². The van der Waals surface area contributed by atoms with Crippen molar-refractivity contribution in [3.8, 4) is 17.2 Å². The number of hydrogen-bond acceptors (Lipinski definition) is 5. The van der Waals surface area contributed by atoms with Gasteiger partial charge in [-0.05, 0) is 42.3 Å². The van der Waals surface area contributed by atoms with E-state index in [0.717, 1.165) is 6.07 Å². The molecule has 2 rings (SSSR count). The molecule has 0 saturated carbocycles. The third-order valence-electron chi connectivity index (χ3n) is 3.79. The first-order valence-corrected chi connectivity index (χ1v) is 7.36. The molecule has 0 aromatic heterocycles. The molecule has 0 spiro atoms. The summed E-state index contributed by atoms with van der Waals surface area (Å²) in [6.45, 7) is 1.65. The predicted octanol–water partition coefficient (Wildman–Crippen LogP) is 2.92. The van der Waals surface area contributed by atoms with E-state index in [1.165, 1.54) is 25.3 Å². The van der Waals surface area contributed by atoms with Crippen molar-refractivity contribution in [2.45, 2.75) is 19.3 Å². The van der Waals surface area contributed by atoms with E-state index in [1.807, 2.05) is 0 Å². The lowest BCUT2D eigenvalue weighted by molar-refractivity contribution is -0.138. The molecule has 126 valence electrons. The molecule has 0 bridgehead atoms. The van der Waals surface area contributed by atoms with Crippen molar-refractivity contribution in [2.24, 2.45) is 0 Å². The fourth-order valence-corrected chi connectivity index (χ4v) is 2.57. The maximum Gasteiger partial charge on any atom is 0.310 e. The highest BCUT2D eigenvalue weighted by Gasteiger charge is 2.27. The summed E-state index contributed by atoms with van der Waals surface area (Å²) in [4.78, 5) is 24.2. The van der Waals surface area contributed by atoms with Crippen LogP contribution in [0, 0.1) is 0 Å². The second-order valence-corrected chi connectivity index (χ2v) is 5.29. The first-order chi connectivity index (χ1) is 11.4. The number of carbonyl (C=O) groups is 2. The van der Waals surface area contributed by atoms with Gasteiger partial charge in [-0.25, -0.2) is 0 Å². The Kier molecular flexibility index (Phi) is 5.08. The van der Waals surface area contributed by atoms with Gasteiger partial charge in [0.25, 0.3) is 0 Å². The van der Waals surface area contributed by atoms with Crippen molar-refractivity contribution in [1.82, 2.24) is 0 Å². The van der Waals surface area contributed by atoms with Crippen LogP contribution in [0.3, 0.4) is 0 Å². The second kappa shape index (κ2) is 7.04. The number of carboxylic acids is 1. The van der Waals surface area contributed by atoms with Crippen LogP contribution >= 0.6 is 0 Å². The smallest absolute Gasteiger partial charge is 0.310 e. The minimum Gasteiger partial charge on any atom is -0.508 e. The summed E-state index contributed by atoms with van der Waals surface area (Å²) in [6, 6.07) is 8.48. The SMILES string of the molecule is CCC(C(=O)O)c1cc(O)cc(O)c1C(=O)c1ccc(OC)cc1. The average Bonchev–Trinajstić information content (AvgIpc) is 2.54. The van der Waals surface area contributed by atoms with E-state index in [2.05, 4.69) is 0 Å². The van der Waals surface area contributed by atoms with Crippen LogP contribution in [0.4, 0.5) is 0 Å². The van der Waals surface area contributed by atoms with Crippen LogP contribution in [0.2, 0.25) is 0 Å². The summed E-state index contributed by atoms with van der Waals surface area (Å²) >= 11 is 0. The van der Waals surface area contributed by atoms with Gasteiger partial charge in [-0.15, -0.1) is 0 Å². The molecule has 6 nitrogen and oxygen atoms in total. The lowest BCUT2D eigenvalue weighted by Gasteiger charge is -2.16. The Morgan fingerprint density at radius 3 is 2.25 bits per heavy atom. The molecule has 1 atom stereocenters. The minimum absolute atomic E-state index is 0.0864. The molecule has 0 aliphatic heterocycles. The lowest BCUT2D eigenvalue weighted by atomic mass is 9.87. The summed E-state index contributed by atoms with van der Waals surface area (Å²) in [6.07, 6.45) is 0.209. The zero-order chi connectivity index (χ0) is 17.9. The number of carbonyl (C=O) groups excluding carboxylic acids is 1. The molecule has 0 aliphatic carbocycles. The van der Waals surface area contributed by atoms with Crippen LogP contribution in [0.15, 0.2) is 36.4 Å². The Balaban J connectivity index is 2.59. The highest BCUT2D eigenvalue weighted by atomic mass is 16.5. The standard InChI is InChI=1S/C18H18O6/c1-3-13(18(22)23)14-8-11(19)9-15(20)16(14)17(21)10-4-6-12(24-2)7-5-10/h4-9,13,19-20H,3H2,1-2H3,(H,22,23). The van der Waals surface area contributed by atoms with Crippen LogP contribution in [0.25, 0.3) is 0 Å². The lowest BCUT2D eigenvalue weighted by Crippen LogP contribution is -2.16. The zero-order valence-corrected chi connectivity index (χ0v) is 13.3. The fraction of sp³-hybridized carbons (Fsp3) is 0.222. The van der Waals surface area contributed by atoms with Crippen LogP contribution < -0.4 is 4.74 Å². The normalized spacial score (nSPS) is 11.8. The highest BCUT2D eigenvalue weighted by Crippen LogP contribution is 2.35. The fourth-order valence-electron chi connectivity index (χ4n) is 2.57.